The average Bonchev–Trinajstić information content (AvgIpc) is 2.88. The van der Waals surface area contributed by atoms with E-state index in [1.54, 1.807) is 60.7 Å². The standard InChI is InChI=1S/C24H26O10/c1-29-18(25)14-31-21-20(34-23(28)16-11-7-4-8-12-16)19(26)17(33-24(21)30-2)13-32-22(27)15-9-5-3-6-10-15/h3-12,17,19-21,24,26H,13-14H2,1-2H3/t17-,19+,20+,21-,24-/m1/s1. The summed E-state index contributed by atoms with van der Waals surface area (Å²) in [6, 6.07) is 16.4. The molecule has 1 N–H and O–H groups in total. The number of carbonyl (C=O) groups is 3. The lowest BCUT2D eigenvalue weighted by Crippen LogP contribution is -2.61. The first-order chi connectivity index (χ1) is 16.4. The monoisotopic (exact) mass is 474 g/mol. The molecule has 1 aliphatic heterocycles. The summed E-state index contributed by atoms with van der Waals surface area (Å²) in [5.74, 6) is -2.03. The Kier molecular flexibility index (Phi) is 9.11. The predicted octanol–water partition coefficient (Wildman–Crippen LogP) is 1.36. The van der Waals surface area contributed by atoms with Crippen molar-refractivity contribution in [2.45, 2.75) is 30.7 Å². The Hall–Kier alpha value is -3.31. The van der Waals surface area contributed by atoms with Crippen molar-refractivity contribution in [2.75, 3.05) is 27.4 Å². The quantitative estimate of drug-likeness (QED) is 0.420. The fourth-order valence-corrected chi connectivity index (χ4v) is 3.33. The second-order valence-electron chi connectivity index (χ2n) is 7.32. The number of esters is 3. The van der Waals surface area contributed by atoms with Crippen LogP contribution in [-0.2, 0) is 33.2 Å². The van der Waals surface area contributed by atoms with Gasteiger partial charge in [0.05, 0.1) is 18.2 Å². The predicted molar refractivity (Wildman–Crippen MR) is 116 cm³/mol. The number of benzene rings is 2. The number of carbonyl (C=O) groups excluding carboxylic acids is 3. The molecule has 3 rings (SSSR count). The summed E-state index contributed by atoms with van der Waals surface area (Å²) in [5, 5.41) is 11.0. The van der Waals surface area contributed by atoms with Crippen molar-refractivity contribution in [2.24, 2.45) is 0 Å². The van der Waals surface area contributed by atoms with E-state index in [4.69, 9.17) is 23.7 Å². The minimum atomic E-state index is -1.47. The zero-order valence-corrected chi connectivity index (χ0v) is 18.7. The van der Waals surface area contributed by atoms with E-state index in [9.17, 15) is 19.5 Å². The Morgan fingerprint density at radius 1 is 0.882 bits per heavy atom. The van der Waals surface area contributed by atoms with E-state index < -0.39 is 55.2 Å². The van der Waals surface area contributed by atoms with Gasteiger partial charge in [-0.05, 0) is 24.3 Å². The maximum Gasteiger partial charge on any atom is 0.338 e. The van der Waals surface area contributed by atoms with E-state index in [-0.39, 0.29) is 12.2 Å². The fourth-order valence-electron chi connectivity index (χ4n) is 3.33. The smallest absolute Gasteiger partial charge is 0.338 e. The maximum absolute atomic E-state index is 12.7. The summed E-state index contributed by atoms with van der Waals surface area (Å²) >= 11 is 0. The number of hydrogen-bond donors (Lipinski definition) is 1. The molecule has 1 fully saturated rings. The van der Waals surface area contributed by atoms with Crippen LogP contribution in [0.1, 0.15) is 20.7 Å². The Labute approximate surface area is 196 Å². The summed E-state index contributed by atoms with van der Waals surface area (Å²) in [7, 11) is 2.51. The molecule has 0 radical (unpaired) electrons. The summed E-state index contributed by atoms with van der Waals surface area (Å²) in [6.45, 7) is -0.845. The van der Waals surface area contributed by atoms with Crippen LogP contribution in [0.25, 0.3) is 0 Å². The zero-order valence-electron chi connectivity index (χ0n) is 18.7. The van der Waals surface area contributed by atoms with Crippen LogP contribution in [0.2, 0.25) is 0 Å². The van der Waals surface area contributed by atoms with Gasteiger partial charge in [0, 0.05) is 7.11 Å². The van der Waals surface area contributed by atoms with E-state index in [1.165, 1.54) is 14.2 Å². The van der Waals surface area contributed by atoms with Crippen LogP contribution < -0.4 is 0 Å². The molecular weight excluding hydrogens is 448 g/mol. The molecule has 0 unspecified atom stereocenters. The molecule has 0 bridgehead atoms. The molecule has 0 amide bonds. The molecule has 2 aromatic rings. The van der Waals surface area contributed by atoms with Gasteiger partial charge >= 0.3 is 17.9 Å². The van der Waals surface area contributed by atoms with Gasteiger partial charge in [0.1, 0.15) is 31.5 Å². The Bertz CT molecular complexity index is 949. The second kappa shape index (κ2) is 12.2. The van der Waals surface area contributed by atoms with Gasteiger partial charge in [-0.3, -0.25) is 0 Å². The number of aliphatic hydroxyl groups is 1. The molecule has 0 aliphatic carbocycles. The molecule has 1 saturated heterocycles. The summed E-state index contributed by atoms with van der Waals surface area (Å²) in [6.07, 6.45) is -6.21. The van der Waals surface area contributed by atoms with Gasteiger partial charge < -0.3 is 33.5 Å². The molecule has 2 aromatic carbocycles. The minimum Gasteiger partial charge on any atom is -0.467 e. The third kappa shape index (κ3) is 6.39. The molecule has 0 saturated carbocycles. The van der Waals surface area contributed by atoms with Crippen molar-refractivity contribution < 1.29 is 47.9 Å². The van der Waals surface area contributed by atoms with E-state index in [2.05, 4.69) is 4.74 Å². The van der Waals surface area contributed by atoms with Crippen LogP contribution in [0.15, 0.2) is 60.7 Å². The van der Waals surface area contributed by atoms with Crippen LogP contribution in [0.5, 0.6) is 0 Å². The summed E-state index contributed by atoms with van der Waals surface area (Å²) in [5.41, 5.74) is 0.566. The first-order valence-corrected chi connectivity index (χ1v) is 10.5. The number of aliphatic hydroxyl groups excluding tert-OH is 1. The first-order valence-electron chi connectivity index (χ1n) is 10.5. The molecule has 34 heavy (non-hydrogen) atoms. The molecule has 5 atom stereocenters. The van der Waals surface area contributed by atoms with Crippen LogP contribution >= 0.6 is 0 Å². The molecule has 10 nitrogen and oxygen atoms in total. The van der Waals surface area contributed by atoms with Crippen LogP contribution in [0, 0.1) is 0 Å². The van der Waals surface area contributed by atoms with Gasteiger partial charge in [-0.25, -0.2) is 14.4 Å². The molecule has 1 aliphatic rings. The highest BCUT2D eigenvalue weighted by Gasteiger charge is 2.49. The van der Waals surface area contributed by atoms with Crippen LogP contribution in [-0.4, -0.2) is 81.2 Å². The molecule has 182 valence electrons. The van der Waals surface area contributed by atoms with Gasteiger partial charge in [0.15, 0.2) is 12.4 Å². The Morgan fingerprint density at radius 2 is 1.47 bits per heavy atom. The number of hydrogen-bond acceptors (Lipinski definition) is 10. The molecule has 0 spiro atoms. The van der Waals surface area contributed by atoms with Crippen LogP contribution in [0.3, 0.4) is 0 Å². The van der Waals surface area contributed by atoms with Gasteiger partial charge in [-0.15, -0.1) is 0 Å². The van der Waals surface area contributed by atoms with Crippen molar-refractivity contribution in [3.8, 4) is 0 Å². The second-order valence-corrected chi connectivity index (χ2v) is 7.32. The van der Waals surface area contributed by atoms with E-state index in [0.717, 1.165) is 0 Å². The maximum atomic E-state index is 12.7. The van der Waals surface area contributed by atoms with Gasteiger partial charge in [0.2, 0.25) is 0 Å². The Morgan fingerprint density at radius 3 is 2.03 bits per heavy atom. The third-order valence-electron chi connectivity index (χ3n) is 5.11. The highest BCUT2D eigenvalue weighted by Crippen LogP contribution is 2.28. The highest BCUT2D eigenvalue weighted by atomic mass is 16.7. The summed E-state index contributed by atoms with van der Waals surface area (Å²) in [4.78, 5) is 36.6. The minimum absolute atomic E-state index is 0.244. The lowest BCUT2D eigenvalue weighted by Gasteiger charge is -2.42. The van der Waals surface area contributed by atoms with Gasteiger partial charge in [-0.1, -0.05) is 36.4 Å². The molecule has 10 heteroatoms. The molecule has 0 aromatic heterocycles. The van der Waals surface area contributed by atoms with Crippen LogP contribution in [0.4, 0.5) is 0 Å². The lowest BCUT2D eigenvalue weighted by atomic mass is 9.98. The van der Waals surface area contributed by atoms with E-state index in [0.29, 0.717) is 5.56 Å². The van der Waals surface area contributed by atoms with Crippen molar-refractivity contribution in [1.29, 1.82) is 0 Å². The topological polar surface area (TPSA) is 127 Å². The number of methoxy groups -OCH3 is 2. The third-order valence-corrected chi connectivity index (χ3v) is 5.11. The molecular formula is C24H26O10. The largest absolute Gasteiger partial charge is 0.467 e. The van der Waals surface area contributed by atoms with Gasteiger partial charge in [0.25, 0.3) is 0 Å². The Balaban J connectivity index is 1.77. The van der Waals surface area contributed by atoms with E-state index >= 15 is 0 Å². The lowest BCUT2D eigenvalue weighted by molar-refractivity contribution is -0.302. The molecule has 1 heterocycles. The average molecular weight is 474 g/mol. The SMILES string of the molecule is COC(=O)CO[C@H]1[C@H](OC)O[C@H](COC(=O)c2ccccc2)[C@H](O)[C@@H]1OC(=O)c1ccccc1. The number of ether oxygens (including phenoxy) is 6. The zero-order chi connectivity index (χ0) is 24.5. The van der Waals surface area contributed by atoms with Gasteiger partial charge in [-0.2, -0.15) is 0 Å². The van der Waals surface area contributed by atoms with Crippen molar-refractivity contribution in [3.05, 3.63) is 71.8 Å². The fraction of sp³-hybridized carbons (Fsp3) is 0.375. The van der Waals surface area contributed by atoms with E-state index in [1.807, 2.05) is 0 Å². The number of rotatable bonds is 9. The van der Waals surface area contributed by atoms with Crippen molar-refractivity contribution in [3.63, 3.8) is 0 Å². The highest BCUT2D eigenvalue weighted by molar-refractivity contribution is 5.90. The summed E-state index contributed by atoms with van der Waals surface area (Å²) < 4.78 is 32.0. The normalized spacial score (nSPS) is 24.1. The first kappa shape index (κ1) is 25.3. The van der Waals surface area contributed by atoms with Crippen molar-refractivity contribution in [1.82, 2.24) is 0 Å². The van der Waals surface area contributed by atoms with Crippen molar-refractivity contribution >= 4 is 17.9 Å².